The number of methoxy groups -OCH3 is 1. The third-order valence-corrected chi connectivity index (χ3v) is 2.78. The van der Waals surface area contributed by atoms with Crippen LogP contribution in [-0.2, 0) is 16.0 Å². The molecule has 0 saturated carbocycles. The molecule has 1 aromatic rings. The second-order valence-corrected chi connectivity index (χ2v) is 4.35. The maximum absolute atomic E-state index is 12.1. The van der Waals surface area contributed by atoms with Gasteiger partial charge < -0.3 is 25.0 Å². The van der Waals surface area contributed by atoms with Gasteiger partial charge in [0.15, 0.2) is 0 Å². The molecular weight excluding hydrogens is 276 g/mol. The molecule has 1 aromatic heterocycles. The van der Waals surface area contributed by atoms with Crippen LogP contribution in [0.15, 0.2) is 25.2 Å². The summed E-state index contributed by atoms with van der Waals surface area (Å²) in [5.74, 6) is -1.11. The molecule has 0 saturated heterocycles. The van der Waals surface area contributed by atoms with Crippen LogP contribution >= 0.6 is 0 Å². The van der Waals surface area contributed by atoms with Gasteiger partial charge in [-0.2, -0.15) is 0 Å². The summed E-state index contributed by atoms with van der Waals surface area (Å²) < 4.78 is 4.92. The Balaban J connectivity index is 2.64. The Morgan fingerprint density at radius 3 is 2.95 bits per heavy atom. The first-order chi connectivity index (χ1) is 10.1. The van der Waals surface area contributed by atoms with Crippen molar-refractivity contribution in [3.8, 4) is 0 Å². The monoisotopic (exact) mass is 296 g/mol. The number of aliphatic carboxylic acids is 1. The number of imidazole rings is 1. The normalized spacial score (nSPS) is 11.7. The fraction of sp³-hybridized carbons (Fsp3) is 0.462. The Labute approximate surface area is 122 Å². The summed E-state index contributed by atoms with van der Waals surface area (Å²) >= 11 is 0. The lowest BCUT2D eigenvalue weighted by Gasteiger charge is -2.23. The fourth-order valence-electron chi connectivity index (χ4n) is 1.69. The molecule has 0 bridgehead atoms. The van der Waals surface area contributed by atoms with E-state index < -0.39 is 18.0 Å². The number of carbonyl (C=O) groups excluding carboxylic acids is 1. The number of amides is 2. The van der Waals surface area contributed by atoms with Gasteiger partial charge in [0.1, 0.15) is 6.04 Å². The Kier molecular flexibility index (Phi) is 6.96. The maximum atomic E-state index is 12.1. The van der Waals surface area contributed by atoms with Crippen LogP contribution in [-0.4, -0.2) is 64.8 Å². The molecule has 0 aliphatic heterocycles. The first kappa shape index (κ1) is 16.7. The lowest BCUT2D eigenvalue weighted by atomic mass is 10.1. The fourth-order valence-corrected chi connectivity index (χ4v) is 1.69. The largest absolute Gasteiger partial charge is 0.480 e. The highest BCUT2D eigenvalue weighted by Crippen LogP contribution is 2.01. The number of H-pyrrole nitrogens is 1. The quantitative estimate of drug-likeness (QED) is 0.566. The average Bonchev–Trinajstić information content (AvgIpc) is 2.95. The highest BCUT2D eigenvalue weighted by molar-refractivity contribution is 5.82. The van der Waals surface area contributed by atoms with E-state index in [9.17, 15) is 14.7 Å². The minimum absolute atomic E-state index is 0.132. The zero-order valence-corrected chi connectivity index (χ0v) is 11.9. The van der Waals surface area contributed by atoms with E-state index in [-0.39, 0.29) is 6.42 Å². The molecule has 0 spiro atoms. The van der Waals surface area contributed by atoms with Gasteiger partial charge in [-0.3, -0.25) is 0 Å². The summed E-state index contributed by atoms with van der Waals surface area (Å²) in [7, 11) is 1.53. The van der Waals surface area contributed by atoms with Gasteiger partial charge in [-0.25, -0.2) is 14.6 Å². The van der Waals surface area contributed by atoms with E-state index in [4.69, 9.17) is 4.74 Å². The van der Waals surface area contributed by atoms with Crippen molar-refractivity contribution >= 4 is 12.0 Å². The summed E-state index contributed by atoms with van der Waals surface area (Å²) in [6.45, 7) is 4.60. The summed E-state index contributed by atoms with van der Waals surface area (Å²) in [5, 5.41) is 11.7. The molecule has 0 radical (unpaired) electrons. The predicted octanol–water partition coefficient (Wildman–Crippen LogP) is 0.249. The first-order valence-corrected chi connectivity index (χ1v) is 6.43. The number of ether oxygens (including phenoxy) is 1. The van der Waals surface area contributed by atoms with Crippen molar-refractivity contribution in [1.82, 2.24) is 20.2 Å². The minimum atomic E-state index is -1.11. The van der Waals surface area contributed by atoms with Crippen LogP contribution in [0.1, 0.15) is 5.69 Å². The number of hydrogen-bond donors (Lipinski definition) is 3. The Bertz CT molecular complexity index is 461. The number of carbonyl (C=O) groups is 2. The summed E-state index contributed by atoms with van der Waals surface area (Å²) in [5.41, 5.74) is 0.634. The highest BCUT2D eigenvalue weighted by Gasteiger charge is 2.23. The molecule has 1 atom stereocenters. The molecule has 0 aliphatic rings. The van der Waals surface area contributed by atoms with E-state index in [2.05, 4.69) is 21.9 Å². The molecule has 3 N–H and O–H groups in total. The van der Waals surface area contributed by atoms with Crippen LogP contribution in [0.25, 0.3) is 0 Å². The van der Waals surface area contributed by atoms with Crippen LogP contribution in [0.5, 0.6) is 0 Å². The molecular formula is C13H20N4O4. The van der Waals surface area contributed by atoms with Crippen molar-refractivity contribution in [2.24, 2.45) is 0 Å². The van der Waals surface area contributed by atoms with Gasteiger partial charge in [-0.05, 0) is 0 Å². The third-order valence-electron chi connectivity index (χ3n) is 2.78. The Morgan fingerprint density at radius 2 is 2.43 bits per heavy atom. The first-order valence-electron chi connectivity index (χ1n) is 6.43. The molecule has 0 fully saturated rings. The molecule has 116 valence electrons. The van der Waals surface area contributed by atoms with Crippen molar-refractivity contribution < 1.29 is 19.4 Å². The van der Waals surface area contributed by atoms with Crippen LogP contribution in [0.2, 0.25) is 0 Å². The van der Waals surface area contributed by atoms with Crippen molar-refractivity contribution in [2.75, 3.05) is 26.8 Å². The molecule has 2 amide bonds. The third kappa shape index (κ3) is 5.65. The van der Waals surface area contributed by atoms with Gasteiger partial charge in [0.25, 0.3) is 0 Å². The van der Waals surface area contributed by atoms with Crippen LogP contribution in [0, 0.1) is 0 Å². The molecule has 1 heterocycles. The van der Waals surface area contributed by atoms with Gasteiger partial charge in [0.2, 0.25) is 0 Å². The smallest absolute Gasteiger partial charge is 0.326 e. The van der Waals surface area contributed by atoms with E-state index >= 15 is 0 Å². The average molecular weight is 296 g/mol. The minimum Gasteiger partial charge on any atom is -0.480 e. The van der Waals surface area contributed by atoms with E-state index in [0.29, 0.717) is 25.4 Å². The van der Waals surface area contributed by atoms with Crippen molar-refractivity contribution in [3.05, 3.63) is 30.9 Å². The molecule has 0 aliphatic carbocycles. The molecule has 8 heteroatoms. The number of carboxylic acids is 1. The number of rotatable bonds is 9. The molecule has 8 nitrogen and oxygen atoms in total. The molecule has 0 aromatic carbocycles. The van der Waals surface area contributed by atoms with E-state index in [1.54, 1.807) is 6.08 Å². The van der Waals surface area contributed by atoms with Crippen LogP contribution in [0.4, 0.5) is 4.79 Å². The second-order valence-electron chi connectivity index (χ2n) is 4.35. The summed E-state index contributed by atoms with van der Waals surface area (Å²) in [4.78, 5) is 31.4. The van der Waals surface area contributed by atoms with E-state index in [1.165, 1.54) is 24.5 Å². The highest BCUT2D eigenvalue weighted by atomic mass is 16.5. The second kappa shape index (κ2) is 8.75. The molecule has 1 unspecified atom stereocenters. The van der Waals surface area contributed by atoms with Gasteiger partial charge in [0.05, 0.1) is 12.9 Å². The SMILES string of the molecule is C=CCN(CCOC)C(=O)NC(Cc1cnc[nH]1)C(=O)O. The zero-order valence-electron chi connectivity index (χ0n) is 11.9. The zero-order chi connectivity index (χ0) is 15.7. The topological polar surface area (TPSA) is 108 Å². The standard InChI is InChI=1S/C13H20N4O4/c1-3-4-17(5-6-21-2)13(20)16-11(12(18)19)7-10-8-14-9-15-10/h3,8-9,11H,1,4-7H2,2H3,(H,14,15)(H,16,20)(H,18,19). The van der Waals surface area contributed by atoms with Crippen molar-refractivity contribution in [3.63, 3.8) is 0 Å². The van der Waals surface area contributed by atoms with Crippen molar-refractivity contribution in [2.45, 2.75) is 12.5 Å². The molecule has 1 rings (SSSR count). The lowest BCUT2D eigenvalue weighted by Crippen LogP contribution is -2.49. The van der Waals surface area contributed by atoms with E-state index in [1.807, 2.05) is 0 Å². The number of carboxylic acid groups (broad SMARTS) is 1. The van der Waals surface area contributed by atoms with Crippen LogP contribution in [0.3, 0.4) is 0 Å². The number of nitrogens with zero attached hydrogens (tertiary/aromatic N) is 2. The number of aromatic amines is 1. The summed E-state index contributed by atoms with van der Waals surface area (Å²) in [6.07, 6.45) is 4.68. The van der Waals surface area contributed by atoms with Gasteiger partial charge in [-0.15, -0.1) is 6.58 Å². The number of aromatic nitrogens is 2. The van der Waals surface area contributed by atoms with Crippen molar-refractivity contribution in [1.29, 1.82) is 0 Å². The molecule has 21 heavy (non-hydrogen) atoms. The van der Waals surface area contributed by atoms with Crippen LogP contribution < -0.4 is 5.32 Å². The summed E-state index contributed by atoms with van der Waals surface area (Å²) in [6, 6.07) is -1.51. The number of nitrogens with one attached hydrogen (secondary N) is 2. The Hall–Kier alpha value is -2.35. The van der Waals surface area contributed by atoms with Gasteiger partial charge in [-0.1, -0.05) is 6.08 Å². The lowest BCUT2D eigenvalue weighted by molar-refractivity contribution is -0.139. The maximum Gasteiger partial charge on any atom is 0.326 e. The van der Waals surface area contributed by atoms with Gasteiger partial charge in [0, 0.05) is 38.5 Å². The van der Waals surface area contributed by atoms with E-state index in [0.717, 1.165) is 0 Å². The predicted molar refractivity (Wildman–Crippen MR) is 75.9 cm³/mol. The number of urea groups is 1. The number of hydrogen-bond acceptors (Lipinski definition) is 4. The Morgan fingerprint density at radius 1 is 1.67 bits per heavy atom. The van der Waals surface area contributed by atoms with Gasteiger partial charge >= 0.3 is 12.0 Å².